The lowest BCUT2D eigenvalue weighted by Gasteiger charge is -2.08. The van der Waals surface area contributed by atoms with Crippen molar-refractivity contribution in [3.05, 3.63) is 76.0 Å². The molecule has 0 atom stereocenters. The number of hydrazine groups is 1. The standard InChI is InChI=1S/C19H15FN4O5/c20-12-7-5-11(6-8-12)18(27)23-22-16(25)10-29-17(26)9-15-13-3-1-2-4-14(13)19(28)24-21-15/h1-8H,9-10H2,(H,22,25)(H,23,27)(H,24,28). The van der Waals surface area contributed by atoms with Crippen LogP contribution in [0.15, 0.2) is 53.3 Å². The number of aromatic amines is 1. The van der Waals surface area contributed by atoms with E-state index in [9.17, 15) is 23.6 Å². The van der Waals surface area contributed by atoms with Gasteiger partial charge in [0.2, 0.25) is 0 Å². The van der Waals surface area contributed by atoms with Crippen molar-refractivity contribution in [3.8, 4) is 0 Å². The van der Waals surface area contributed by atoms with E-state index in [0.717, 1.165) is 12.1 Å². The summed E-state index contributed by atoms with van der Waals surface area (Å²) in [6.07, 6.45) is -0.257. The monoisotopic (exact) mass is 398 g/mol. The summed E-state index contributed by atoms with van der Waals surface area (Å²) in [6.45, 7) is -0.635. The van der Waals surface area contributed by atoms with Crippen LogP contribution in [0, 0.1) is 5.82 Å². The minimum atomic E-state index is -0.770. The Bertz CT molecular complexity index is 1130. The Morgan fingerprint density at radius 2 is 1.69 bits per heavy atom. The molecule has 0 aliphatic rings. The number of carbonyl (C=O) groups is 3. The van der Waals surface area contributed by atoms with Crippen molar-refractivity contribution in [1.29, 1.82) is 0 Å². The Morgan fingerprint density at radius 3 is 2.41 bits per heavy atom. The van der Waals surface area contributed by atoms with E-state index in [2.05, 4.69) is 21.0 Å². The number of rotatable bonds is 5. The second kappa shape index (κ2) is 8.74. The smallest absolute Gasteiger partial charge is 0.312 e. The van der Waals surface area contributed by atoms with Crippen molar-refractivity contribution in [2.45, 2.75) is 6.42 Å². The van der Waals surface area contributed by atoms with Crippen molar-refractivity contribution in [1.82, 2.24) is 21.0 Å². The summed E-state index contributed by atoms with van der Waals surface area (Å²) in [4.78, 5) is 47.2. The molecule has 0 unspecified atom stereocenters. The van der Waals surface area contributed by atoms with Crippen LogP contribution in [0.3, 0.4) is 0 Å². The maximum absolute atomic E-state index is 12.8. The third-order valence-electron chi connectivity index (χ3n) is 3.87. The van der Waals surface area contributed by atoms with Crippen molar-refractivity contribution in [2.75, 3.05) is 6.61 Å². The number of hydrogen-bond donors (Lipinski definition) is 3. The van der Waals surface area contributed by atoms with E-state index in [-0.39, 0.29) is 17.5 Å². The highest BCUT2D eigenvalue weighted by Crippen LogP contribution is 2.13. The molecule has 10 heteroatoms. The quantitative estimate of drug-likeness (QED) is 0.426. The van der Waals surface area contributed by atoms with Gasteiger partial charge in [0.1, 0.15) is 5.82 Å². The maximum atomic E-state index is 12.8. The van der Waals surface area contributed by atoms with Crippen molar-refractivity contribution >= 4 is 28.6 Å². The van der Waals surface area contributed by atoms with Crippen molar-refractivity contribution < 1.29 is 23.5 Å². The maximum Gasteiger partial charge on any atom is 0.312 e. The van der Waals surface area contributed by atoms with Gasteiger partial charge in [-0.2, -0.15) is 5.10 Å². The first kappa shape index (κ1) is 19.7. The molecule has 3 N–H and O–H groups in total. The topological polar surface area (TPSA) is 130 Å². The van der Waals surface area contributed by atoms with Crippen LogP contribution in [0.25, 0.3) is 10.8 Å². The SMILES string of the molecule is O=C(COC(=O)Cc1n[nH]c(=O)c2ccccc12)NNC(=O)c1ccc(F)cc1. The molecule has 148 valence electrons. The summed E-state index contributed by atoms with van der Waals surface area (Å²) in [5.41, 5.74) is 4.26. The molecule has 29 heavy (non-hydrogen) atoms. The summed E-state index contributed by atoms with van der Waals surface area (Å²) in [6, 6.07) is 11.3. The summed E-state index contributed by atoms with van der Waals surface area (Å²) in [5, 5.41) is 7.04. The van der Waals surface area contributed by atoms with E-state index < -0.39 is 30.2 Å². The minimum Gasteiger partial charge on any atom is -0.455 e. The molecule has 0 saturated carbocycles. The van der Waals surface area contributed by atoms with Gasteiger partial charge in [-0.05, 0) is 30.3 Å². The number of esters is 1. The summed E-state index contributed by atoms with van der Waals surface area (Å²) >= 11 is 0. The van der Waals surface area contributed by atoms with Gasteiger partial charge < -0.3 is 4.74 Å². The van der Waals surface area contributed by atoms with Gasteiger partial charge in [-0.1, -0.05) is 18.2 Å². The van der Waals surface area contributed by atoms with E-state index in [1.54, 1.807) is 24.3 Å². The Hall–Kier alpha value is -4.08. The van der Waals surface area contributed by atoms with Crippen LogP contribution < -0.4 is 16.4 Å². The third-order valence-corrected chi connectivity index (χ3v) is 3.87. The zero-order valence-electron chi connectivity index (χ0n) is 14.9. The second-order valence-corrected chi connectivity index (χ2v) is 5.89. The van der Waals surface area contributed by atoms with Crippen LogP contribution in [0.4, 0.5) is 4.39 Å². The normalized spacial score (nSPS) is 10.4. The van der Waals surface area contributed by atoms with Crippen LogP contribution in [0.5, 0.6) is 0 Å². The van der Waals surface area contributed by atoms with E-state index in [4.69, 9.17) is 4.74 Å². The van der Waals surface area contributed by atoms with Gasteiger partial charge in [-0.15, -0.1) is 0 Å². The van der Waals surface area contributed by atoms with Crippen molar-refractivity contribution in [3.63, 3.8) is 0 Å². The molecule has 0 spiro atoms. The highest BCUT2D eigenvalue weighted by molar-refractivity contribution is 5.95. The summed E-state index contributed by atoms with van der Waals surface area (Å²) in [5.74, 6) is -2.67. The van der Waals surface area contributed by atoms with E-state index in [1.165, 1.54) is 12.1 Å². The van der Waals surface area contributed by atoms with Gasteiger partial charge in [-0.25, -0.2) is 9.49 Å². The number of nitrogens with one attached hydrogen (secondary N) is 3. The van der Waals surface area contributed by atoms with Crippen LogP contribution in [-0.4, -0.2) is 34.6 Å². The molecule has 9 nitrogen and oxygen atoms in total. The number of carbonyl (C=O) groups excluding carboxylic acids is 3. The number of halogens is 1. The first-order valence-corrected chi connectivity index (χ1v) is 8.40. The number of nitrogens with zero attached hydrogens (tertiary/aromatic N) is 1. The second-order valence-electron chi connectivity index (χ2n) is 5.89. The minimum absolute atomic E-state index is 0.139. The molecule has 0 radical (unpaired) electrons. The number of fused-ring (bicyclic) bond motifs is 1. The van der Waals surface area contributed by atoms with E-state index in [1.807, 2.05) is 0 Å². The van der Waals surface area contributed by atoms with Crippen LogP contribution in [0.1, 0.15) is 16.1 Å². The van der Waals surface area contributed by atoms with Gasteiger partial charge in [0, 0.05) is 10.9 Å². The average Bonchev–Trinajstić information content (AvgIpc) is 2.73. The zero-order valence-corrected chi connectivity index (χ0v) is 14.9. The Balaban J connectivity index is 1.50. The molecule has 0 saturated heterocycles. The Kier molecular flexibility index (Phi) is 5.93. The summed E-state index contributed by atoms with van der Waals surface area (Å²) < 4.78 is 17.7. The highest BCUT2D eigenvalue weighted by Gasteiger charge is 2.14. The average molecular weight is 398 g/mol. The zero-order chi connectivity index (χ0) is 20.8. The lowest BCUT2D eigenvalue weighted by atomic mass is 10.1. The lowest BCUT2D eigenvalue weighted by Crippen LogP contribution is -2.43. The fraction of sp³-hybridized carbons (Fsp3) is 0.105. The van der Waals surface area contributed by atoms with Crippen LogP contribution in [0.2, 0.25) is 0 Å². The first-order chi connectivity index (χ1) is 13.9. The number of hydrogen-bond acceptors (Lipinski definition) is 6. The molecule has 3 rings (SSSR count). The van der Waals surface area contributed by atoms with Gasteiger partial charge in [-0.3, -0.25) is 30.0 Å². The first-order valence-electron chi connectivity index (χ1n) is 8.40. The Morgan fingerprint density at radius 1 is 1.00 bits per heavy atom. The molecule has 0 aliphatic carbocycles. The van der Waals surface area contributed by atoms with E-state index >= 15 is 0 Å². The van der Waals surface area contributed by atoms with Gasteiger partial charge >= 0.3 is 5.97 Å². The number of benzene rings is 2. The molecule has 3 aromatic rings. The third kappa shape index (κ3) is 5.01. The Labute approximate surface area is 162 Å². The fourth-order valence-electron chi connectivity index (χ4n) is 2.48. The predicted molar refractivity (Wildman–Crippen MR) is 99.0 cm³/mol. The van der Waals surface area contributed by atoms with E-state index in [0.29, 0.717) is 16.5 Å². The molecular weight excluding hydrogens is 383 g/mol. The number of ether oxygens (including phenoxy) is 1. The lowest BCUT2D eigenvalue weighted by molar-refractivity contribution is -0.148. The van der Waals surface area contributed by atoms with Gasteiger partial charge in [0.05, 0.1) is 17.5 Å². The van der Waals surface area contributed by atoms with Crippen LogP contribution >= 0.6 is 0 Å². The summed E-state index contributed by atoms with van der Waals surface area (Å²) in [7, 11) is 0. The molecule has 2 amide bonds. The predicted octanol–water partition coefficient (Wildman–Crippen LogP) is 0.609. The molecule has 0 aliphatic heterocycles. The largest absolute Gasteiger partial charge is 0.455 e. The number of H-pyrrole nitrogens is 1. The fourth-order valence-corrected chi connectivity index (χ4v) is 2.48. The molecular formula is C19H15FN4O5. The van der Waals surface area contributed by atoms with Crippen molar-refractivity contribution in [2.24, 2.45) is 0 Å². The molecule has 1 heterocycles. The molecule has 1 aromatic heterocycles. The molecule has 2 aromatic carbocycles. The van der Waals surface area contributed by atoms with Gasteiger partial charge in [0.25, 0.3) is 17.4 Å². The number of aromatic nitrogens is 2. The highest BCUT2D eigenvalue weighted by atomic mass is 19.1. The molecule has 0 fully saturated rings. The van der Waals surface area contributed by atoms with Gasteiger partial charge in [0.15, 0.2) is 6.61 Å². The number of amides is 2. The molecule has 0 bridgehead atoms. The van der Waals surface area contributed by atoms with Crippen LogP contribution in [-0.2, 0) is 20.7 Å².